The van der Waals surface area contributed by atoms with Crippen molar-refractivity contribution in [2.45, 2.75) is 24.6 Å². The van der Waals surface area contributed by atoms with Crippen LogP contribution in [-0.2, 0) is 9.53 Å². The van der Waals surface area contributed by atoms with Gasteiger partial charge in [-0.3, -0.25) is 15.1 Å². The lowest BCUT2D eigenvalue weighted by Crippen LogP contribution is -2.46. The summed E-state index contributed by atoms with van der Waals surface area (Å²) < 4.78 is 19.0. The molecule has 3 N–H and O–H groups in total. The molecule has 0 saturated carbocycles. The van der Waals surface area contributed by atoms with Gasteiger partial charge in [0.25, 0.3) is 0 Å². The lowest BCUT2D eigenvalue weighted by Gasteiger charge is -2.29. The summed E-state index contributed by atoms with van der Waals surface area (Å²) in [5.41, 5.74) is 6.96. The van der Waals surface area contributed by atoms with Crippen LogP contribution in [0.25, 0.3) is 0 Å². The van der Waals surface area contributed by atoms with Crippen molar-refractivity contribution in [2.75, 3.05) is 45.9 Å². The van der Waals surface area contributed by atoms with Gasteiger partial charge >= 0.3 is 0 Å². The van der Waals surface area contributed by atoms with Crippen LogP contribution in [0, 0.1) is 11.7 Å². The largest absolute Gasteiger partial charge is 0.389 e. The first kappa shape index (κ1) is 18.8. The summed E-state index contributed by atoms with van der Waals surface area (Å²) in [6.07, 6.45) is 0.417. The molecular weight excluding hydrogens is 351 g/mol. The number of nitrogens with zero attached hydrogens (tertiary/aromatic N) is 2. The van der Waals surface area contributed by atoms with Gasteiger partial charge in [-0.15, -0.1) is 0 Å². The molecule has 3 fully saturated rings. The van der Waals surface area contributed by atoms with Crippen molar-refractivity contribution in [3.8, 4) is 0 Å². The third-order valence-electron chi connectivity index (χ3n) is 5.84. The summed E-state index contributed by atoms with van der Waals surface area (Å²) in [5, 5.41) is 10.1. The topological polar surface area (TPSA) is 77.1 Å². The molecule has 1 amide bonds. The zero-order valence-corrected chi connectivity index (χ0v) is 15.3. The van der Waals surface area contributed by atoms with Crippen LogP contribution < -0.4 is 10.9 Å². The number of halogens is 1. The smallest absolute Gasteiger partial charge is 0.229 e. The molecule has 8 heteroatoms. The Kier molecular flexibility index (Phi) is 5.70. The zero-order chi connectivity index (χ0) is 18.8. The second-order valence-corrected chi connectivity index (χ2v) is 7.55. The van der Waals surface area contributed by atoms with Crippen LogP contribution in [-0.4, -0.2) is 78.9 Å². The number of hydrogen-bond donors (Lipinski definition) is 3. The fourth-order valence-electron chi connectivity index (χ4n) is 4.35. The molecule has 4 rings (SSSR count). The molecule has 3 aliphatic rings. The van der Waals surface area contributed by atoms with Crippen molar-refractivity contribution in [1.29, 1.82) is 0 Å². The fourth-order valence-corrected chi connectivity index (χ4v) is 4.35. The number of aliphatic hydroxyl groups excluding tert-OH is 1. The Morgan fingerprint density at radius 3 is 2.89 bits per heavy atom. The van der Waals surface area contributed by atoms with Crippen LogP contribution in [0.4, 0.5) is 4.39 Å². The molecule has 3 saturated heterocycles. The number of ether oxygens (including phenoxy) is 1. The summed E-state index contributed by atoms with van der Waals surface area (Å²) in [6.45, 7) is 4.37. The van der Waals surface area contributed by atoms with Gasteiger partial charge in [0.15, 0.2) is 0 Å². The van der Waals surface area contributed by atoms with Crippen molar-refractivity contribution in [3.63, 3.8) is 0 Å². The van der Waals surface area contributed by atoms with E-state index in [-0.39, 0.29) is 29.7 Å². The van der Waals surface area contributed by atoms with E-state index in [4.69, 9.17) is 4.74 Å². The van der Waals surface area contributed by atoms with Gasteiger partial charge in [0.05, 0.1) is 37.3 Å². The van der Waals surface area contributed by atoms with E-state index in [0.29, 0.717) is 32.8 Å². The van der Waals surface area contributed by atoms with E-state index in [2.05, 4.69) is 15.8 Å². The summed E-state index contributed by atoms with van der Waals surface area (Å²) in [5.74, 6) is -0.472. The van der Waals surface area contributed by atoms with E-state index in [0.717, 1.165) is 25.1 Å². The number of hydrazine groups is 1. The third-order valence-corrected chi connectivity index (χ3v) is 5.84. The number of carbonyl (C=O) groups is 1. The van der Waals surface area contributed by atoms with Crippen LogP contribution in [0.15, 0.2) is 24.3 Å². The summed E-state index contributed by atoms with van der Waals surface area (Å²) in [6, 6.07) is 6.20. The molecular formula is C19H27FN4O3. The molecule has 7 nitrogen and oxygen atoms in total. The van der Waals surface area contributed by atoms with Crippen LogP contribution in [0.3, 0.4) is 0 Å². The van der Waals surface area contributed by atoms with Gasteiger partial charge in [0.2, 0.25) is 5.91 Å². The molecule has 0 aliphatic carbocycles. The Morgan fingerprint density at radius 2 is 2.11 bits per heavy atom. The molecule has 3 heterocycles. The molecule has 3 aliphatic heterocycles. The monoisotopic (exact) mass is 378 g/mol. The first-order valence-electron chi connectivity index (χ1n) is 9.66. The van der Waals surface area contributed by atoms with E-state index in [1.807, 2.05) is 11.0 Å². The normalized spacial score (nSPS) is 32.6. The zero-order valence-electron chi connectivity index (χ0n) is 15.3. The van der Waals surface area contributed by atoms with Gasteiger partial charge in [-0.1, -0.05) is 12.1 Å². The number of nitrogens with one attached hydrogen (secondary N) is 2. The van der Waals surface area contributed by atoms with E-state index in [1.165, 1.54) is 12.1 Å². The van der Waals surface area contributed by atoms with Gasteiger partial charge in [-0.2, -0.15) is 0 Å². The van der Waals surface area contributed by atoms with Gasteiger partial charge in [0.1, 0.15) is 5.82 Å². The highest BCUT2D eigenvalue weighted by Crippen LogP contribution is 2.27. The van der Waals surface area contributed by atoms with Crippen molar-refractivity contribution >= 4 is 5.91 Å². The van der Waals surface area contributed by atoms with Gasteiger partial charge in [0, 0.05) is 32.7 Å². The van der Waals surface area contributed by atoms with Crippen LogP contribution in [0.5, 0.6) is 0 Å². The Labute approximate surface area is 158 Å². The lowest BCUT2D eigenvalue weighted by molar-refractivity contribution is -0.135. The maximum Gasteiger partial charge on any atom is 0.229 e. The maximum atomic E-state index is 13.6. The number of amides is 1. The van der Waals surface area contributed by atoms with Gasteiger partial charge < -0.3 is 14.7 Å². The Balaban J connectivity index is 1.41. The van der Waals surface area contributed by atoms with E-state index in [1.54, 1.807) is 6.07 Å². The summed E-state index contributed by atoms with van der Waals surface area (Å²) in [7, 11) is 0. The lowest BCUT2D eigenvalue weighted by atomic mass is 9.93. The number of hydrogen-bond acceptors (Lipinski definition) is 6. The molecule has 1 aromatic rings. The highest BCUT2D eigenvalue weighted by Gasteiger charge is 2.38. The molecule has 148 valence electrons. The SMILES string of the molecule is O=C(C1CNNC1c1cccc(F)c1)N1CCCN([C@@H]2COC[C@H]2O)CC1. The Bertz CT molecular complexity index is 676. The second-order valence-electron chi connectivity index (χ2n) is 7.55. The predicted octanol–water partition coefficient (Wildman–Crippen LogP) is -0.115. The van der Waals surface area contributed by atoms with Gasteiger partial charge in [-0.05, 0) is 24.1 Å². The predicted molar refractivity (Wildman–Crippen MR) is 97.2 cm³/mol. The fraction of sp³-hybridized carbons (Fsp3) is 0.632. The number of rotatable bonds is 3. The first-order chi connectivity index (χ1) is 13.1. The highest BCUT2D eigenvalue weighted by atomic mass is 19.1. The van der Waals surface area contributed by atoms with Crippen molar-refractivity contribution in [2.24, 2.45) is 5.92 Å². The Hall–Kier alpha value is -1.58. The van der Waals surface area contributed by atoms with Crippen molar-refractivity contribution in [1.82, 2.24) is 20.7 Å². The van der Waals surface area contributed by atoms with E-state index in [9.17, 15) is 14.3 Å². The quantitative estimate of drug-likeness (QED) is 0.681. The number of carbonyl (C=O) groups excluding carboxylic acids is 1. The number of aliphatic hydroxyl groups is 1. The van der Waals surface area contributed by atoms with Crippen molar-refractivity contribution < 1.29 is 19.0 Å². The first-order valence-corrected chi connectivity index (χ1v) is 9.66. The standard InChI is InChI=1S/C19H27FN4O3/c20-14-4-1-3-13(9-14)18-15(10-21-22-18)19(26)24-6-2-5-23(7-8-24)16-11-27-12-17(16)25/h1,3-4,9,15-18,21-22,25H,2,5-8,10-12H2/t15?,16-,17-,18?/m1/s1. The maximum absolute atomic E-state index is 13.6. The highest BCUT2D eigenvalue weighted by molar-refractivity contribution is 5.80. The minimum absolute atomic E-state index is 0.0231. The molecule has 1 aromatic carbocycles. The molecule has 0 radical (unpaired) electrons. The van der Waals surface area contributed by atoms with Crippen LogP contribution in [0.1, 0.15) is 18.0 Å². The number of benzene rings is 1. The van der Waals surface area contributed by atoms with E-state index >= 15 is 0 Å². The average molecular weight is 378 g/mol. The van der Waals surface area contributed by atoms with Crippen molar-refractivity contribution in [3.05, 3.63) is 35.6 Å². The summed E-state index contributed by atoms with van der Waals surface area (Å²) >= 11 is 0. The molecule has 2 unspecified atom stereocenters. The molecule has 27 heavy (non-hydrogen) atoms. The average Bonchev–Trinajstić information content (AvgIpc) is 3.25. The molecule has 0 bridgehead atoms. The second kappa shape index (κ2) is 8.20. The van der Waals surface area contributed by atoms with E-state index < -0.39 is 6.10 Å². The molecule has 0 aromatic heterocycles. The minimum atomic E-state index is -0.451. The third kappa shape index (κ3) is 4.00. The van der Waals surface area contributed by atoms with Crippen LogP contribution >= 0.6 is 0 Å². The molecule has 4 atom stereocenters. The van der Waals surface area contributed by atoms with Gasteiger partial charge in [-0.25, -0.2) is 9.82 Å². The summed E-state index contributed by atoms with van der Waals surface area (Å²) in [4.78, 5) is 17.3. The molecule has 0 spiro atoms. The Morgan fingerprint density at radius 1 is 1.22 bits per heavy atom. The van der Waals surface area contributed by atoms with Crippen LogP contribution in [0.2, 0.25) is 0 Å². The minimum Gasteiger partial charge on any atom is -0.389 e.